The third-order valence-electron chi connectivity index (χ3n) is 2.31. The van der Waals surface area contributed by atoms with Crippen molar-refractivity contribution in [2.75, 3.05) is 18.7 Å². The van der Waals surface area contributed by atoms with E-state index in [0.29, 0.717) is 18.6 Å². The van der Waals surface area contributed by atoms with Crippen molar-refractivity contribution in [2.24, 2.45) is 0 Å². The summed E-state index contributed by atoms with van der Waals surface area (Å²) in [5.74, 6) is -0.363. The van der Waals surface area contributed by atoms with Crippen molar-refractivity contribution < 1.29 is 14.3 Å². The lowest BCUT2D eigenvalue weighted by atomic mass is 10.1. The van der Waals surface area contributed by atoms with E-state index in [0.717, 1.165) is 10.5 Å². The predicted molar refractivity (Wildman–Crippen MR) is 73.6 cm³/mol. The normalized spacial score (nSPS) is 10.2. The van der Waals surface area contributed by atoms with Crippen LogP contribution in [-0.4, -0.2) is 30.5 Å². The monoisotopic (exact) mass is 286 g/mol. The molecule has 1 aromatic rings. The van der Waals surface area contributed by atoms with Gasteiger partial charge in [0.2, 0.25) is 0 Å². The number of ketones is 1. The van der Waals surface area contributed by atoms with Gasteiger partial charge < -0.3 is 4.74 Å². The van der Waals surface area contributed by atoms with Crippen LogP contribution in [0.3, 0.4) is 0 Å². The minimum Gasteiger partial charge on any atom is -0.462 e. The van der Waals surface area contributed by atoms with Crippen LogP contribution in [0.1, 0.15) is 22.8 Å². The summed E-state index contributed by atoms with van der Waals surface area (Å²) >= 11 is 6.92. The molecule has 0 fully saturated rings. The molecule has 3 nitrogen and oxygen atoms in total. The Hall–Kier alpha value is -1.00. The van der Waals surface area contributed by atoms with Crippen LogP contribution in [0.25, 0.3) is 0 Å². The van der Waals surface area contributed by atoms with Gasteiger partial charge in [0.1, 0.15) is 0 Å². The Morgan fingerprint density at radius 2 is 2.11 bits per heavy atom. The molecular formula is C13H15ClO3S. The molecule has 0 saturated carbocycles. The molecule has 0 N–H and O–H groups in total. The van der Waals surface area contributed by atoms with E-state index in [4.69, 9.17) is 16.3 Å². The number of carbonyl (C=O) groups excluding carboxylic acids is 2. The zero-order chi connectivity index (χ0) is 13.5. The molecule has 0 heterocycles. The molecule has 0 bridgehead atoms. The first-order valence-electron chi connectivity index (χ1n) is 5.54. The van der Waals surface area contributed by atoms with Gasteiger partial charge in [-0.15, -0.1) is 23.4 Å². The summed E-state index contributed by atoms with van der Waals surface area (Å²) in [6, 6.07) is 5.29. The van der Waals surface area contributed by atoms with Crippen LogP contribution >= 0.6 is 23.4 Å². The Bertz CT molecular complexity index is 446. The van der Waals surface area contributed by atoms with Gasteiger partial charge in [-0.1, -0.05) is 6.07 Å². The SMILES string of the molecule is CCOC(=O)c1ccc(CC(=O)CCl)cc1SC. The summed E-state index contributed by atoms with van der Waals surface area (Å²) in [4.78, 5) is 23.8. The molecule has 0 aliphatic rings. The molecule has 0 aliphatic carbocycles. The summed E-state index contributed by atoms with van der Waals surface area (Å²) in [5, 5.41) is 0. The van der Waals surface area contributed by atoms with Crippen LogP contribution in [0.2, 0.25) is 0 Å². The number of halogens is 1. The zero-order valence-corrected chi connectivity index (χ0v) is 11.9. The van der Waals surface area contributed by atoms with E-state index >= 15 is 0 Å². The first-order valence-corrected chi connectivity index (χ1v) is 7.30. The highest BCUT2D eigenvalue weighted by Gasteiger charge is 2.13. The minimum absolute atomic E-state index is 0.00816. The Morgan fingerprint density at radius 1 is 1.39 bits per heavy atom. The van der Waals surface area contributed by atoms with E-state index in [-0.39, 0.29) is 17.6 Å². The maximum Gasteiger partial charge on any atom is 0.339 e. The molecule has 0 atom stereocenters. The summed E-state index contributed by atoms with van der Waals surface area (Å²) in [6.07, 6.45) is 2.17. The van der Waals surface area contributed by atoms with Crippen LogP contribution < -0.4 is 0 Å². The standard InChI is InChI=1S/C13H15ClO3S/c1-3-17-13(16)11-5-4-9(6-10(15)8-14)7-12(11)18-2/h4-5,7H,3,6,8H2,1-2H3. The van der Waals surface area contributed by atoms with Crippen molar-refractivity contribution in [3.63, 3.8) is 0 Å². The lowest BCUT2D eigenvalue weighted by Crippen LogP contribution is -2.08. The molecule has 0 saturated heterocycles. The maximum atomic E-state index is 11.7. The Morgan fingerprint density at radius 3 is 2.67 bits per heavy atom. The van der Waals surface area contributed by atoms with Gasteiger partial charge in [-0.2, -0.15) is 0 Å². The van der Waals surface area contributed by atoms with Crippen LogP contribution in [-0.2, 0) is 16.0 Å². The highest BCUT2D eigenvalue weighted by atomic mass is 35.5. The largest absolute Gasteiger partial charge is 0.462 e. The molecule has 1 aromatic carbocycles. The molecule has 0 spiro atoms. The Labute approximate surface area is 116 Å². The molecule has 0 radical (unpaired) electrons. The number of alkyl halides is 1. The van der Waals surface area contributed by atoms with Crippen molar-refractivity contribution in [1.29, 1.82) is 0 Å². The number of esters is 1. The lowest BCUT2D eigenvalue weighted by molar-refractivity contribution is -0.116. The number of ether oxygens (including phenoxy) is 1. The number of carbonyl (C=O) groups is 2. The van der Waals surface area contributed by atoms with E-state index in [1.54, 1.807) is 19.1 Å². The third kappa shape index (κ3) is 4.03. The number of rotatable bonds is 6. The van der Waals surface area contributed by atoms with Gasteiger partial charge in [0.15, 0.2) is 5.78 Å². The van der Waals surface area contributed by atoms with Gasteiger partial charge in [-0.25, -0.2) is 4.79 Å². The fourth-order valence-corrected chi connectivity index (χ4v) is 2.23. The van der Waals surface area contributed by atoms with Gasteiger partial charge in [0, 0.05) is 11.3 Å². The predicted octanol–water partition coefficient (Wildman–Crippen LogP) is 2.94. The number of hydrogen-bond donors (Lipinski definition) is 0. The highest BCUT2D eigenvalue weighted by Crippen LogP contribution is 2.23. The molecule has 5 heteroatoms. The molecule has 18 heavy (non-hydrogen) atoms. The van der Waals surface area contributed by atoms with Crippen molar-refractivity contribution >= 4 is 35.1 Å². The molecule has 0 amide bonds. The van der Waals surface area contributed by atoms with E-state index in [1.807, 2.05) is 12.3 Å². The van der Waals surface area contributed by atoms with Gasteiger partial charge in [-0.05, 0) is 30.9 Å². The first kappa shape index (κ1) is 15.1. The lowest BCUT2D eigenvalue weighted by Gasteiger charge is -2.08. The second-order valence-corrected chi connectivity index (χ2v) is 4.72. The van der Waals surface area contributed by atoms with Gasteiger partial charge >= 0.3 is 5.97 Å². The van der Waals surface area contributed by atoms with Crippen molar-refractivity contribution in [3.05, 3.63) is 29.3 Å². The van der Waals surface area contributed by atoms with E-state index in [1.165, 1.54) is 11.8 Å². The number of benzene rings is 1. The fraction of sp³-hybridized carbons (Fsp3) is 0.385. The van der Waals surface area contributed by atoms with Gasteiger partial charge in [0.25, 0.3) is 0 Å². The summed E-state index contributed by atoms with van der Waals surface area (Å²) in [6.45, 7) is 2.11. The maximum absolute atomic E-state index is 11.7. The smallest absolute Gasteiger partial charge is 0.339 e. The van der Waals surface area contributed by atoms with Crippen molar-refractivity contribution in [2.45, 2.75) is 18.2 Å². The summed E-state index contributed by atoms with van der Waals surface area (Å²) in [7, 11) is 0. The third-order valence-corrected chi connectivity index (χ3v) is 3.39. The van der Waals surface area contributed by atoms with Crippen molar-refractivity contribution in [1.82, 2.24) is 0 Å². The van der Waals surface area contributed by atoms with E-state index < -0.39 is 0 Å². The number of thioether (sulfide) groups is 1. The second-order valence-electron chi connectivity index (χ2n) is 3.60. The van der Waals surface area contributed by atoms with E-state index in [9.17, 15) is 9.59 Å². The first-order chi connectivity index (χ1) is 8.62. The number of hydrogen-bond acceptors (Lipinski definition) is 4. The van der Waals surface area contributed by atoms with Crippen LogP contribution in [0, 0.1) is 0 Å². The molecule has 0 aliphatic heterocycles. The second kappa shape index (κ2) is 7.44. The average molecular weight is 287 g/mol. The van der Waals surface area contributed by atoms with Crippen LogP contribution in [0.4, 0.5) is 0 Å². The van der Waals surface area contributed by atoms with Gasteiger partial charge in [0.05, 0.1) is 18.1 Å². The number of Topliss-reactive ketones (excluding diaryl/α,β-unsaturated/α-hetero) is 1. The molecule has 0 unspecified atom stereocenters. The Kier molecular flexibility index (Phi) is 6.22. The molecule has 1 rings (SSSR count). The van der Waals surface area contributed by atoms with E-state index in [2.05, 4.69) is 0 Å². The fourth-order valence-electron chi connectivity index (χ4n) is 1.50. The van der Waals surface area contributed by atoms with Crippen LogP contribution in [0.5, 0.6) is 0 Å². The van der Waals surface area contributed by atoms with Crippen LogP contribution in [0.15, 0.2) is 23.1 Å². The molecular weight excluding hydrogens is 272 g/mol. The summed E-state index contributed by atoms with van der Waals surface area (Å²) in [5.41, 5.74) is 1.39. The molecule has 98 valence electrons. The quantitative estimate of drug-likeness (QED) is 0.458. The minimum atomic E-state index is -0.336. The van der Waals surface area contributed by atoms with Gasteiger partial charge in [-0.3, -0.25) is 4.79 Å². The highest BCUT2D eigenvalue weighted by molar-refractivity contribution is 7.98. The van der Waals surface area contributed by atoms with Crippen molar-refractivity contribution in [3.8, 4) is 0 Å². The zero-order valence-electron chi connectivity index (χ0n) is 10.4. The molecule has 0 aromatic heterocycles. The average Bonchev–Trinajstić information content (AvgIpc) is 2.38. The summed E-state index contributed by atoms with van der Waals surface area (Å²) < 4.78 is 4.97. The topological polar surface area (TPSA) is 43.4 Å². The Balaban J connectivity index is 2.96.